The summed E-state index contributed by atoms with van der Waals surface area (Å²) < 4.78 is 14.1. The highest BCUT2D eigenvalue weighted by Crippen LogP contribution is 2.50. The monoisotopic (exact) mass is 387 g/mol. The number of fused-ring (bicyclic) bond motifs is 2. The van der Waals surface area contributed by atoms with Crippen molar-refractivity contribution in [3.63, 3.8) is 0 Å². The molecule has 19 heavy (non-hydrogen) atoms. The lowest BCUT2D eigenvalue weighted by molar-refractivity contribution is 0.0907. The van der Waals surface area contributed by atoms with Crippen LogP contribution in [0.15, 0.2) is 21.2 Å². The first kappa shape index (κ1) is 13.0. The zero-order valence-corrected chi connectivity index (χ0v) is 13.4. The van der Waals surface area contributed by atoms with Crippen LogP contribution in [0.1, 0.15) is 24.6 Å². The van der Waals surface area contributed by atoms with Crippen molar-refractivity contribution >= 4 is 48.7 Å². The molecule has 0 aliphatic carbocycles. The lowest BCUT2D eigenvalue weighted by Gasteiger charge is -2.08. The van der Waals surface area contributed by atoms with Crippen molar-refractivity contribution in [2.24, 2.45) is 0 Å². The van der Waals surface area contributed by atoms with Gasteiger partial charge < -0.3 is 9.47 Å². The van der Waals surface area contributed by atoms with Crippen LogP contribution in [-0.4, -0.2) is 17.3 Å². The van der Waals surface area contributed by atoms with E-state index in [1.807, 2.05) is 13.0 Å². The fraction of sp³-hybridized carbons (Fsp3) is 0.308. The Kier molecular flexibility index (Phi) is 3.30. The van der Waals surface area contributed by atoms with Gasteiger partial charge in [0.2, 0.25) is 12.7 Å². The quantitative estimate of drug-likeness (QED) is 0.768. The van der Waals surface area contributed by atoms with E-state index in [1.54, 1.807) is 10.8 Å². The molecule has 0 bridgehead atoms. The predicted octanol–water partition coefficient (Wildman–Crippen LogP) is 4.34. The van der Waals surface area contributed by atoms with E-state index in [1.165, 1.54) is 0 Å². The van der Waals surface area contributed by atoms with Gasteiger partial charge in [-0.1, -0.05) is 6.92 Å². The minimum atomic E-state index is 0.0731. The van der Waals surface area contributed by atoms with Crippen LogP contribution >= 0.6 is 31.9 Å². The first-order valence-electron chi connectivity index (χ1n) is 5.96. The summed E-state index contributed by atoms with van der Waals surface area (Å²) in [5, 5.41) is 0.931. The van der Waals surface area contributed by atoms with Gasteiger partial charge in [0, 0.05) is 18.0 Å². The zero-order valence-electron chi connectivity index (χ0n) is 10.2. The molecule has 2 heterocycles. The summed E-state index contributed by atoms with van der Waals surface area (Å²) in [7, 11) is 0. The number of aromatic nitrogens is 1. The molecular weight excluding hydrogens is 378 g/mol. The second-order valence-corrected chi connectivity index (χ2v) is 5.87. The Labute approximate surface area is 126 Å². The number of carbonyl (C=O) groups excluding carboxylic acids is 1. The number of hydrogen-bond acceptors (Lipinski definition) is 3. The maximum absolute atomic E-state index is 12.1. The molecule has 0 N–H and O–H groups in total. The molecule has 1 aromatic heterocycles. The van der Waals surface area contributed by atoms with E-state index in [0.717, 1.165) is 26.3 Å². The lowest BCUT2D eigenvalue weighted by Crippen LogP contribution is -2.08. The fourth-order valence-electron chi connectivity index (χ4n) is 2.21. The van der Waals surface area contributed by atoms with Gasteiger partial charge in [-0.2, -0.15) is 0 Å². The number of carbonyl (C=O) groups is 1. The van der Waals surface area contributed by atoms with E-state index in [0.29, 0.717) is 17.9 Å². The van der Waals surface area contributed by atoms with Gasteiger partial charge in [0.05, 0.1) is 14.5 Å². The summed E-state index contributed by atoms with van der Waals surface area (Å²) in [4.78, 5) is 12.1. The Morgan fingerprint density at radius 3 is 2.68 bits per heavy atom. The van der Waals surface area contributed by atoms with Crippen LogP contribution < -0.4 is 9.47 Å². The van der Waals surface area contributed by atoms with Gasteiger partial charge in [-0.3, -0.25) is 9.36 Å². The second-order valence-electron chi connectivity index (χ2n) is 4.28. The summed E-state index contributed by atoms with van der Waals surface area (Å²) >= 11 is 7.04. The highest BCUT2D eigenvalue weighted by Gasteiger charge is 2.26. The molecule has 1 aliphatic rings. The van der Waals surface area contributed by atoms with Crippen molar-refractivity contribution in [1.82, 2.24) is 4.57 Å². The van der Waals surface area contributed by atoms with E-state index in [2.05, 4.69) is 31.9 Å². The fourth-order valence-corrected chi connectivity index (χ4v) is 3.52. The Balaban J connectivity index is 2.29. The summed E-state index contributed by atoms with van der Waals surface area (Å²) in [5.74, 6) is 1.40. The molecule has 2 aromatic rings. The molecule has 1 aliphatic heterocycles. The van der Waals surface area contributed by atoms with E-state index in [4.69, 9.17) is 9.47 Å². The highest BCUT2D eigenvalue weighted by atomic mass is 79.9. The minimum Gasteiger partial charge on any atom is -0.452 e. The van der Waals surface area contributed by atoms with Crippen molar-refractivity contribution < 1.29 is 14.3 Å². The average molecular weight is 389 g/mol. The normalized spacial score (nSPS) is 13.2. The van der Waals surface area contributed by atoms with Crippen LogP contribution in [0.3, 0.4) is 0 Å². The molecule has 100 valence electrons. The third-order valence-corrected chi connectivity index (χ3v) is 4.60. The zero-order chi connectivity index (χ0) is 13.6. The molecule has 3 rings (SSSR count). The lowest BCUT2D eigenvalue weighted by atomic mass is 10.2. The number of hydrogen-bond donors (Lipinski definition) is 0. The SMILES string of the molecule is CCCC(=O)n1ccc2c(Br)c3c(c(Br)c21)OCO3. The van der Waals surface area contributed by atoms with Gasteiger partial charge in [0.15, 0.2) is 11.5 Å². The molecule has 0 saturated heterocycles. The van der Waals surface area contributed by atoms with Crippen LogP contribution in [0.2, 0.25) is 0 Å². The van der Waals surface area contributed by atoms with Gasteiger partial charge in [0.25, 0.3) is 0 Å². The maximum Gasteiger partial charge on any atom is 0.231 e. The van der Waals surface area contributed by atoms with Crippen LogP contribution in [0.25, 0.3) is 10.9 Å². The van der Waals surface area contributed by atoms with Gasteiger partial charge in [0.1, 0.15) is 0 Å². The average Bonchev–Trinajstić information content (AvgIpc) is 3.03. The standard InChI is InChI=1S/C13H11Br2NO3/c1-2-3-8(17)16-5-4-7-9(14)12-13(19-6-18-12)10(15)11(7)16/h4-5H,2-3,6H2,1H3. The van der Waals surface area contributed by atoms with Crippen molar-refractivity contribution in [1.29, 1.82) is 0 Å². The molecule has 0 spiro atoms. The van der Waals surface area contributed by atoms with Crippen LogP contribution in [0.4, 0.5) is 0 Å². The molecule has 4 nitrogen and oxygen atoms in total. The van der Waals surface area contributed by atoms with Crippen LogP contribution in [0, 0.1) is 0 Å². The first-order valence-corrected chi connectivity index (χ1v) is 7.54. The highest BCUT2D eigenvalue weighted by molar-refractivity contribution is 9.11. The molecule has 0 saturated carbocycles. The summed E-state index contributed by atoms with van der Waals surface area (Å²) in [6.45, 7) is 2.19. The Bertz CT molecular complexity index is 678. The minimum absolute atomic E-state index is 0.0731. The third-order valence-electron chi connectivity index (χ3n) is 3.07. The third kappa shape index (κ3) is 1.89. The molecule has 0 radical (unpaired) electrons. The topological polar surface area (TPSA) is 40.5 Å². The molecule has 0 fully saturated rings. The van der Waals surface area contributed by atoms with Crippen molar-refractivity contribution in [3.8, 4) is 11.5 Å². The Morgan fingerprint density at radius 2 is 2.00 bits per heavy atom. The van der Waals surface area contributed by atoms with E-state index >= 15 is 0 Å². The molecule has 1 aromatic carbocycles. The predicted molar refractivity (Wildman–Crippen MR) is 79.0 cm³/mol. The van der Waals surface area contributed by atoms with Gasteiger partial charge in [-0.25, -0.2) is 0 Å². The van der Waals surface area contributed by atoms with Crippen molar-refractivity contribution in [2.75, 3.05) is 6.79 Å². The Hall–Kier alpha value is -1.01. The number of nitrogens with zero attached hydrogens (tertiary/aromatic N) is 1. The second kappa shape index (κ2) is 4.83. The Morgan fingerprint density at radius 1 is 1.32 bits per heavy atom. The summed E-state index contributed by atoms with van der Waals surface area (Å²) in [5.41, 5.74) is 0.814. The van der Waals surface area contributed by atoms with Gasteiger partial charge in [-0.05, 0) is 44.3 Å². The smallest absolute Gasteiger partial charge is 0.231 e. The number of halogens is 2. The van der Waals surface area contributed by atoms with Crippen LogP contribution in [0.5, 0.6) is 11.5 Å². The number of rotatable bonds is 2. The largest absolute Gasteiger partial charge is 0.452 e. The number of benzene rings is 1. The maximum atomic E-state index is 12.1. The van der Waals surface area contributed by atoms with Crippen LogP contribution in [-0.2, 0) is 0 Å². The molecule has 0 unspecified atom stereocenters. The molecule has 0 amide bonds. The molecule has 6 heteroatoms. The van der Waals surface area contributed by atoms with E-state index in [-0.39, 0.29) is 12.7 Å². The summed E-state index contributed by atoms with van der Waals surface area (Å²) in [6.07, 6.45) is 3.12. The van der Waals surface area contributed by atoms with E-state index < -0.39 is 0 Å². The van der Waals surface area contributed by atoms with Gasteiger partial charge >= 0.3 is 0 Å². The van der Waals surface area contributed by atoms with Crippen molar-refractivity contribution in [3.05, 3.63) is 21.2 Å². The molecular formula is C13H11Br2NO3. The van der Waals surface area contributed by atoms with Gasteiger partial charge in [-0.15, -0.1) is 0 Å². The van der Waals surface area contributed by atoms with Crippen molar-refractivity contribution in [2.45, 2.75) is 19.8 Å². The molecule has 0 atom stereocenters. The number of ether oxygens (including phenoxy) is 2. The summed E-state index contributed by atoms with van der Waals surface area (Å²) in [6, 6.07) is 1.90. The first-order chi connectivity index (χ1) is 9.15. The van der Waals surface area contributed by atoms with E-state index in [9.17, 15) is 4.79 Å².